The lowest BCUT2D eigenvalue weighted by molar-refractivity contribution is -0.123. The summed E-state index contributed by atoms with van der Waals surface area (Å²) < 4.78 is 0. The zero-order valence-corrected chi connectivity index (χ0v) is 4.01. The Morgan fingerprint density at radius 1 is 2.00 bits per heavy atom. The molecule has 1 rings (SSSR count). The van der Waals surface area contributed by atoms with Gasteiger partial charge in [-0.1, -0.05) is 0 Å². The molecule has 0 unspecified atom stereocenters. The van der Waals surface area contributed by atoms with Gasteiger partial charge in [-0.25, -0.2) is 0 Å². The highest BCUT2D eigenvalue weighted by Crippen LogP contribution is 1.88. The van der Waals surface area contributed by atoms with Crippen molar-refractivity contribution < 1.29 is 4.79 Å². The van der Waals surface area contributed by atoms with E-state index in [0.29, 0.717) is 0 Å². The molecule has 37 valence electrons. The van der Waals surface area contributed by atoms with Crippen molar-refractivity contribution in [2.45, 2.75) is 0 Å². The first-order chi connectivity index (χ1) is 3.30. The van der Waals surface area contributed by atoms with Crippen LogP contribution in [-0.2, 0) is 4.79 Å². The molecule has 0 N–H and O–H groups in total. The van der Waals surface area contributed by atoms with E-state index >= 15 is 0 Å². The van der Waals surface area contributed by atoms with Crippen molar-refractivity contribution >= 4 is 12.2 Å². The number of nitrogens with zero attached hydrogens (tertiary/aromatic N) is 2. The Labute approximate surface area is 41.6 Å². The molecule has 3 heteroatoms. The van der Waals surface area contributed by atoms with Gasteiger partial charge >= 0.3 is 0 Å². The molecule has 0 fully saturated rings. The standard InChI is InChI=1S/C4H5N2O/c1-6-3-5-2-4(6)7/h2H2,1H3. The molecule has 1 aliphatic rings. The number of likely N-dealkylation sites (N-methyl/N-ethyl adjacent to an activating group) is 1. The van der Waals surface area contributed by atoms with Crippen molar-refractivity contribution in [2.75, 3.05) is 13.6 Å². The van der Waals surface area contributed by atoms with E-state index in [1.54, 1.807) is 7.05 Å². The minimum atomic E-state index is 0.0139. The Kier molecular flexibility index (Phi) is 0.817. The van der Waals surface area contributed by atoms with Crippen LogP contribution in [-0.4, -0.2) is 30.7 Å². The van der Waals surface area contributed by atoms with Crippen molar-refractivity contribution in [2.24, 2.45) is 4.99 Å². The first-order valence-electron chi connectivity index (χ1n) is 1.99. The van der Waals surface area contributed by atoms with Crippen molar-refractivity contribution in [1.82, 2.24) is 4.90 Å². The third kappa shape index (κ3) is 0.607. The van der Waals surface area contributed by atoms with Gasteiger partial charge in [0.1, 0.15) is 6.54 Å². The average molecular weight is 97.1 g/mol. The van der Waals surface area contributed by atoms with Crippen molar-refractivity contribution in [3.05, 3.63) is 0 Å². The number of carbonyl (C=O) groups is 1. The van der Waals surface area contributed by atoms with E-state index in [0.717, 1.165) is 0 Å². The number of carbonyl (C=O) groups excluding carboxylic acids is 1. The van der Waals surface area contributed by atoms with Gasteiger partial charge in [0.2, 0.25) is 5.91 Å². The molecule has 0 aromatic carbocycles. The van der Waals surface area contributed by atoms with Crippen LogP contribution in [0.4, 0.5) is 0 Å². The molecule has 0 bridgehead atoms. The fourth-order valence-corrected chi connectivity index (χ4v) is 0.371. The average Bonchev–Trinajstić information content (AvgIpc) is 1.91. The predicted octanol–water partition coefficient (Wildman–Crippen LogP) is -0.636. The van der Waals surface area contributed by atoms with Gasteiger partial charge in [0, 0.05) is 7.05 Å². The van der Waals surface area contributed by atoms with Crippen molar-refractivity contribution in [3.63, 3.8) is 0 Å². The Balaban J connectivity index is 2.62. The summed E-state index contributed by atoms with van der Waals surface area (Å²) in [5.41, 5.74) is 0. The van der Waals surface area contributed by atoms with Gasteiger partial charge < -0.3 is 0 Å². The SMILES string of the molecule is CN1[C]=NCC1=O. The van der Waals surface area contributed by atoms with E-state index in [1.807, 2.05) is 0 Å². The van der Waals surface area contributed by atoms with Gasteiger partial charge in [-0.3, -0.25) is 14.7 Å². The molecule has 7 heavy (non-hydrogen) atoms. The van der Waals surface area contributed by atoms with E-state index in [9.17, 15) is 4.79 Å². The quantitative estimate of drug-likeness (QED) is 0.396. The van der Waals surface area contributed by atoms with Crippen LogP contribution in [0.5, 0.6) is 0 Å². The summed E-state index contributed by atoms with van der Waals surface area (Å²) in [5, 5.41) is 0. The molecule has 3 nitrogen and oxygen atoms in total. The smallest absolute Gasteiger partial charge is 0.249 e. The molecule has 1 heterocycles. The van der Waals surface area contributed by atoms with Gasteiger partial charge in [0.05, 0.1) is 0 Å². The van der Waals surface area contributed by atoms with Gasteiger partial charge in [-0.05, 0) is 0 Å². The number of amides is 1. The summed E-state index contributed by atoms with van der Waals surface area (Å²) in [7, 11) is 1.64. The Morgan fingerprint density at radius 2 is 2.71 bits per heavy atom. The van der Waals surface area contributed by atoms with Crippen LogP contribution in [0.15, 0.2) is 4.99 Å². The zero-order valence-electron chi connectivity index (χ0n) is 4.01. The maximum Gasteiger partial charge on any atom is 0.249 e. The third-order valence-electron chi connectivity index (χ3n) is 0.809. The molecular formula is C4H5N2O. The molecular weight excluding hydrogens is 92.1 g/mol. The van der Waals surface area contributed by atoms with Crippen LogP contribution in [0.3, 0.4) is 0 Å². The lowest BCUT2D eigenvalue weighted by atomic mass is 10.6. The topological polar surface area (TPSA) is 32.7 Å². The molecule has 1 aliphatic heterocycles. The fourth-order valence-electron chi connectivity index (χ4n) is 0.371. The second-order valence-electron chi connectivity index (χ2n) is 1.37. The highest BCUT2D eigenvalue weighted by atomic mass is 16.2. The molecule has 0 atom stereocenters. The van der Waals surface area contributed by atoms with Crippen LogP contribution in [0, 0.1) is 0 Å². The molecule has 0 spiro atoms. The van der Waals surface area contributed by atoms with E-state index in [-0.39, 0.29) is 12.5 Å². The first-order valence-corrected chi connectivity index (χ1v) is 1.99. The Bertz CT molecular complexity index is 119. The van der Waals surface area contributed by atoms with Crippen LogP contribution >= 0.6 is 0 Å². The highest BCUT2D eigenvalue weighted by Gasteiger charge is 2.10. The molecule has 0 saturated heterocycles. The lowest BCUT2D eigenvalue weighted by Gasteiger charge is -1.96. The molecule has 0 aliphatic carbocycles. The zero-order chi connectivity index (χ0) is 5.28. The second kappa shape index (κ2) is 1.33. The Morgan fingerprint density at radius 3 is 2.86 bits per heavy atom. The van der Waals surface area contributed by atoms with Gasteiger partial charge in [-0.2, -0.15) is 0 Å². The number of rotatable bonds is 0. The summed E-state index contributed by atoms with van der Waals surface area (Å²) >= 11 is 0. The molecule has 0 aromatic rings. The maximum absolute atomic E-state index is 10.3. The van der Waals surface area contributed by atoms with E-state index < -0.39 is 0 Å². The van der Waals surface area contributed by atoms with Crippen LogP contribution < -0.4 is 0 Å². The summed E-state index contributed by atoms with van der Waals surface area (Å²) in [4.78, 5) is 15.3. The summed E-state index contributed by atoms with van der Waals surface area (Å²) in [5.74, 6) is 0.0139. The van der Waals surface area contributed by atoms with Crippen LogP contribution in [0.1, 0.15) is 0 Å². The second-order valence-corrected chi connectivity index (χ2v) is 1.37. The highest BCUT2D eigenvalue weighted by molar-refractivity contribution is 5.93. The fraction of sp³-hybridized carbons (Fsp3) is 0.500. The van der Waals surface area contributed by atoms with E-state index in [1.165, 1.54) is 4.90 Å². The van der Waals surface area contributed by atoms with Crippen LogP contribution in [0.25, 0.3) is 0 Å². The van der Waals surface area contributed by atoms with Crippen molar-refractivity contribution in [1.29, 1.82) is 0 Å². The summed E-state index contributed by atoms with van der Waals surface area (Å²) in [6.07, 6.45) is 2.48. The molecule has 0 saturated carbocycles. The summed E-state index contributed by atoms with van der Waals surface area (Å²) in [6.45, 7) is 0.274. The number of hydrogen-bond acceptors (Lipinski definition) is 2. The molecule has 1 amide bonds. The minimum Gasteiger partial charge on any atom is -0.296 e. The number of aliphatic imine (C=N–C) groups is 1. The number of hydrogen-bond donors (Lipinski definition) is 0. The monoisotopic (exact) mass is 97.0 g/mol. The van der Waals surface area contributed by atoms with E-state index in [2.05, 4.69) is 11.3 Å². The van der Waals surface area contributed by atoms with Gasteiger partial charge in [0.25, 0.3) is 0 Å². The predicted molar refractivity (Wildman–Crippen MR) is 25.1 cm³/mol. The maximum atomic E-state index is 10.3. The van der Waals surface area contributed by atoms with E-state index in [4.69, 9.17) is 0 Å². The lowest BCUT2D eigenvalue weighted by Crippen LogP contribution is -2.20. The largest absolute Gasteiger partial charge is 0.296 e. The minimum absolute atomic E-state index is 0.0139. The summed E-state index contributed by atoms with van der Waals surface area (Å²) in [6, 6.07) is 0. The van der Waals surface area contributed by atoms with Gasteiger partial charge in [-0.15, -0.1) is 0 Å². The molecule has 1 radical (unpaired) electrons. The van der Waals surface area contributed by atoms with Crippen molar-refractivity contribution in [3.8, 4) is 0 Å². The van der Waals surface area contributed by atoms with Crippen LogP contribution in [0.2, 0.25) is 0 Å². The normalized spacial score (nSPS) is 19.0. The first kappa shape index (κ1) is 4.30. The molecule has 0 aromatic heterocycles. The third-order valence-corrected chi connectivity index (χ3v) is 0.809. The Hall–Kier alpha value is -0.860. The van der Waals surface area contributed by atoms with Gasteiger partial charge in [0.15, 0.2) is 6.34 Å².